The van der Waals surface area contributed by atoms with Crippen molar-refractivity contribution in [3.8, 4) is 11.5 Å². The zero-order valence-electron chi connectivity index (χ0n) is 21.5. The number of rotatable bonds is 10. The van der Waals surface area contributed by atoms with Crippen LogP contribution in [-0.4, -0.2) is 37.3 Å². The van der Waals surface area contributed by atoms with Crippen molar-refractivity contribution in [1.29, 1.82) is 0 Å². The van der Waals surface area contributed by atoms with Crippen molar-refractivity contribution in [1.82, 2.24) is 4.90 Å². The van der Waals surface area contributed by atoms with Crippen molar-refractivity contribution in [3.05, 3.63) is 129 Å². The molecule has 0 bridgehead atoms. The van der Waals surface area contributed by atoms with Crippen molar-refractivity contribution in [2.24, 2.45) is 0 Å². The van der Waals surface area contributed by atoms with Crippen LogP contribution in [0.25, 0.3) is 5.57 Å². The molecule has 10 radical (unpaired) electrons. The summed E-state index contributed by atoms with van der Waals surface area (Å²) in [5, 5.41) is 9.74. The molecule has 0 amide bonds. The SMILES string of the molecule is CC/C([C]1[CH][CH][CH][CH]1)=C(\c1ccc(O)cc1)c1ccc(OCCCCN(C)C)cc1.[CH]1[CH][CH][CH][CH]1.[Ru+2]. The Bertz CT molecular complexity index is 872. The number of phenols is 1. The van der Waals surface area contributed by atoms with Gasteiger partial charge in [-0.2, -0.15) is 0 Å². The number of nitrogens with zero attached hydrogens (tertiary/aromatic N) is 1. The van der Waals surface area contributed by atoms with Crippen LogP contribution in [0.3, 0.4) is 0 Å². The molecule has 2 aliphatic carbocycles. The zero-order valence-corrected chi connectivity index (χ0v) is 23.2. The zero-order chi connectivity index (χ0) is 24.9. The van der Waals surface area contributed by atoms with Gasteiger partial charge >= 0.3 is 19.5 Å². The van der Waals surface area contributed by atoms with Gasteiger partial charge in [0.05, 0.1) is 6.61 Å². The van der Waals surface area contributed by atoms with Crippen LogP contribution in [0.15, 0.2) is 54.1 Å². The molecule has 2 aromatic rings. The summed E-state index contributed by atoms with van der Waals surface area (Å²) in [6.45, 7) is 4.01. The van der Waals surface area contributed by atoms with Gasteiger partial charge in [-0.25, -0.2) is 0 Å². The van der Waals surface area contributed by atoms with E-state index in [-0.39, 0.29) is 25.2 Å². The van der Waals surface area contributed by atoms with Gasteiger partial charge in [-0.3, -0.25) is 0 Å². The Kier molecular flexibility index (Phi) is 14.4. The van der Waals surface area contributed by atoms with E-state index < -0.39 is 0 Å². The van der Waals surface area contributed by atoms with Gasteiger partial charge in [0.1, 0.15) is 11.5 Å². The minimum atomic E-state index is 0. The summed E-state index contributed by atoms with van der Waals surface area (Å²) < 4.78 is 5.94. The summed E-state index contributed by atoms with van der Waals surface area (Å²) in [5.74, 6) is 2.42. The van der Waals surface area contributed by atoms with E-state index in [1.54, 1.807) is 12.1 Å². The van der Waals surface area contributed by atoms with Crippen LogP contribution >= 0.6 is 0 Å². The molecule has 188 valence electrons. The number of aromatic hydroxyl groups is 1. The van der Waals surface area contributed by atoms with E-state index in [1.165, 1.54) is 17.1 Å². The fourth-order valence-corrected chi connectivity index (χ4v) is 4.00. The maximum atomic E-state index is 9.74. The van der Waals surface area contributed by atoms with Crippen molar-refractivity contribution in [2.45, 2.75) is 26.2 Å². The van der Waals surface area contributed by atoms with E-state index in [4.69, 9.17) is 4.74 Å². The van der Waals surface area contributed by atoms with Gasteiger partial charge in [0.25, 0.3) is 0 Å². The van der Waals surface area contributed by atoms with Crippen LogP contribution in [0.2, 0.25) is 0 Å². The molecule has 36 heavy (non-hydrogen) atoms. The first kappa shape index (κ1) is 30.6. The van der Waals surface area contributed by atoms with Crippen molar-refractivity contribution in [3.63, 3.8) is 0 Å². The van der Waals surface area contributed by atoms with E-state index in [9.17, 15) is 5.11 Å². The van der Waals surface area contributed by atoms with Crippen LogP contribution in [0.1, 0.15) is 37.3 Å². The van der Waals surface area contributed by atoms with Gasteiger partial charge in [0, 0.05) is 5.92 Å². The van der Waals surface area contributed by atoms with Crippen LogP contribution < -0.4 is 4.74 Å². The third-order valence-electron chi connectivity index (χ3n) is 5.79. The summed E-state index contributed by atoms with van der Waals surface area (Å²) in [6, 6.07) is 15.8. The van der Waals surface area contributed by atoms with Crippen molar-refractivity contribution < 1.29 is 29.3 Å². The minimum absolute atomic E-state index is 0. The van der Waals surface area contributed by atoms with Crippen LogP contribution in [0, 0.1) is 63.7 Å². The Labute approximate surface area is 233 Å². The molecule has 3 nitrogen and oxygen atoms in total. The molecule has 0 saturated heterocycles. The second-order valence-corrected chi connectivity index (χ2v) is 8.77. The topological polar surface area (TPSA) is 32.7 Å². The Morgan fingerprint density at radius 2 is 1.28 bits per heavy atom. The molecule has 0 aliphatic heterocycles. The van der Waals surface area contributed by atoms with Crippen molar-refractivity contribution >= 4 is 5.57 Å². The van der Waals surface area contributed by atoms with E-state index in [2.05, 4.69) is 75.9 Å². The second-order valence-electron chi connectivity index (χ2n) is 8.77. The first-order valence-corrected chi connectivity index (χ1v) is 12.4. The molecule has 2 fully saturated rings. The summed E-state index contributed by atoms with van der Waals surface area (Å²) in [6.07, 6.45) is 21.6. The third kappa shape index (κ3) is 10.0. The standard InChI is InChI=1S/C27H32NO2.C5H5.Ru/c1-4-26(21-9-5-6-10-21)27(22-11-15-24(29)16-12-22)23-13-17-25(18-14-23)30-20-8-7-19-28(2)3;1-2-4-5-3-1;/h5-6,9-18,29H,4,7-8,19-20H2,1-3H3;1-5H;/q;;+2/b27-26-;;. The number of ether oxygens (including phenoxy) is 1. The van der Waals surface area contributed by atoms with E-state index >= 15 is 0 Å². The molecule has 4 rings (SSSR count). The van der Waals surface area contributed by atoms with Gasteiger partial charge in [-0.15, -0.1) is 0 Å². The molecule has 0 unspecified atom stereocenters. The third-order valence-corrected chi connectivity index (χ3v) is 5.79. The predicted molar refractivity (Wildman–Crippen MR) is 146 cm³/mol. The first-order chi connectivity index (χ1) is 17.1. The van der Waals surface area contributed by atoms with Gasteiger partial charge in [0.15, 0.2) is 0 Å². The largest absolute Gasteiger partial charge is 2.00 e. The molecule has 0 heterocycles. The molecule has 0 atom stereocenters. The summed E-state index contributed by atoms with van der Waals surface area (Å²) in [4.78, 5) is 2.20. The molecule has 2 aromatic carbocycles. The first-order valence-electron chi connectivity index (χ1n) is 12.4. The molecule has 2 saturated carbocycles. The molecule has 1 N–H and O–H groups in total. The van der Waals surface area contributed by atoms with E-state index in [1.807, 2.05) is 44.2 Å². The Hall–Kier alpha value is -1.64. The normalized spacial score (nSPS) is 16.2. The summed E-state index contributed by atoms with van der Waals surface area (Å²) in [7, 11) is 4.19. The maximum Gasteiger partial charge on any atom is 2.00 e. The minimum Gasteiger partial charge on any atom is -0.508 e. The number of unbranched alkanes of at least 4 members (excludes halogenated alkanes) is 1. The average molecular weight is 569 g/mol. The number of phenolic OH excluding ortho intramolecular Hbond substituents is 1. The Morgan fingerprint density at radius 1 is 0.750 bits per heavy atom. The average Bonchev–Trinajstić information content (AvgIpc) is 3.61. The number of hydrogen-bond donors (Lipinski definition) is 1. The molecular formula is C32H37NO2Ru+2. The number of hydrogen-bond acceptors (Lipinski definition) is 3. The maximum absolute atomic E-state index is 9.74. The molecular weight excluding hydrogens is 531 g/mol. The van der Waals surface area contributed by atoms with Gasteiger partial charge < -0.3 is 14.7 Å². The second kappa shape index (κ2) is 17.0. The predicted octanol–water partition coefficient (Wildman–Crippen LogP) is 6.75. The summed E-state index contributed by atoms with van der Waals surface area (Å²) >= 11 is 0. The molecule has 0 spiro atoms. The quantitative estimate of drug-likeness (QED) is 0.254. The van der Waals surface area contributed by atoms with Crippen molar-refractivity contribution in [2.75, 3.05) is 27.2 Å². The molecule has 2 aliphatic rings. The Morgan fingerprint density at radius 3 is 1.78 bits per heavy atom. The van der Waals surface area contributed by atoms with Gasteiger partial charge in [0.2, 0.25) is 0 Å². The summed E-state index contributed by atoms with van der Waals surface area (Å²) in [5.41, 5.74) is 4.74. The fourth-order valence-electron chi connectivity index (χ4n) is 4.00. The Balaban J connectivity index is 0.000000678. The molecule has 4 heteroatoms. The van der Waals surface area contributed by atoms with E-state index in [0.29, 0.717) is 0 Å². The molecule has 0 aromatic heterocycles. The smallest absolute Gasteiger partial charge is 0.508 e. The monoisotopic (exact) mass is 569 g/mol. The number of allylic oxidation sites excluding steroid dienone is 1. The number of benzene rings is 2. The van der Waals surface area contributed by atoms with E-state index in [0.717, 1.165) is 49.3 Å². The fraction of sp³-hybridized carbons (Fsp3) is 0.250. The van der Waals surface area contributed by atoms with Crippen LogP contribution in [0.5, 0.6) is 11.5 Å². The van der Waals surface area contributed by atoms with Crippen LogP contribution in [0.4, 0.5) is 0 Å². The van der Waals surface area contributed by atoms with Crippen LogP contribution in [-0.2, 0) is 19.5 Å². The van der Waals surface area contributed by atoms with Gasteiger partial charge in [-0.1, -0.05) is 36.8 Å². The van der Waals surface area contributed by atoms with Gasteiger partial charge in [-0.05, 0) is 139 Å².